The lowest BCUT2D eigenvalue weighted by atomic mass is 9.92. The third kappa shape index (κ3) is 4.09. The lowest BCUT2D eigenvalue weighted by Crippen LogP contribution is -2.38. The van der Waals surface area contributed by atoms with E-state index in [2.05, 4.69) is 5.32 Å². The minimum Gasteiger partial charge on any atom is -0.479 e. The summed E-state index contributed by atoms with van der Waals surface area (Å²) in [4.78, 5) is 23.3. The number of carboxylic acid groups (broad SMARTS) is 1. The summed E-state index contributed by atoms with van der Waals surface area (Å²) < 4.78 is 0. The van der Waals surface area contributed by atoms with Crippen LogP contribution < -0.4 is 5.32 Å². The third-order valence-electron chi connectivity index (χ3n) is 3.58. The van der Waals surface area contributed by atoms with Crippen molar-refractivity contribution in [3.8, 4) is 0 Å². The van der Waals surface area contributed by atoms with Gasteiger partial charge in [0.1, 0.15) is 0 Å². The lowest BCUT2D eigenvalue weighted by molar-refractivity contribution is -0.142. The van der Waals surface area contributed by atoms with Crippen LogP contribution in [0.1, 0.15) is 38.8 Å². The third-order valence-corrected chi connectivity index (χ3v) is 3.58. The number of nitrogens with one attached hydrogen (secondary N) is 1. The number of rotatable bonds is 6. The Morgan fingerprint density at radius 3 is 2.26 bits per heavy atom. The summed E-state index contributed by atoms with van der Waals surface area (Å²) in [5.74, 6) is -1.23. The van der Waals surface area contributed by atoms with Crippen molar-refractivity contribution in [2.24, 2.45) is 11.8 Å². The highest BCUT2D eigenvalue weighted by molar-refractivity contribution is 5.85. The first-order valence-electron chi connectivity index (χ1n) is 6.55. The van der Waals surface area contributed by atoms with E-state index in [4.69, 9.17) is 0 Å². The van der Waals surface area contributed by atoms with Gasteiger partial charge in [-0.15, -0.1) is 0 Å². The summed E-state index contributed by atoms with van der Waals surface area (Å²) in [5, 5.41) is 11.8. The normalized spacial score (nSPS) is 15.3. The maximum absolute atomic E-state index is 12.1. The van der Waals surface area contributed by atoms with Gasteiger partial charge in [-0.3, -0.25) is 4.79 Å². The summed E-state index contributed by atoms with van der Waals surface area (Å²) in [5.41, 5.74) is 0.583. The van der Waals surface area contributed by atoms with E-state index in [1.54, 1.807) is 24.3 Å². The van der Waals surface area contributed by atoms with Gasteiger partial charge in [0, 0.05) is 5.92 Å². The predicted octanol–water partition coefficient (Wildman–Crippen LogP) is 2.61. The second kappa shape index (κ2) is 6.92. The molecule has 0 saturated heterocycles. The molecule has 0 aliphatic rings. The van der Waals surface area contributed by atoms with Crippen LogP contribution in [-0.2, 0) is 9.59 Å². The Kier molecular flexibility index (Phi) is 5.55. The van der Waals surface area contributed by atoms with Crippen LogP contribution in [0.15, 0.2) is 30.3 Å². The number of carbonyl (C=O) groups is 2. The van der Waals surface area contributed by atoms with Crippen molar-refractivity contribution in [3.05, 3.63) is 35.9 Å². The maximum atomic E-state index is 12.1. The number of aliphatic carboxylic acids is 1. The fraction of sp³-hybridized carbons (Fsp3) is 0.467. The second-order valence-corrected chi connectivity index (χ2v) is 4.86. The van der Waals surface area contributed by atoms with Crippen molar-refractivity contribution in [1.82, 2.24) is 5.32 Å². The first-order valence-corrected chi connectivity index (χ1v) is 6.55. The van der Waals surface area contributed by atoms with Crippen LogP contribution in [-0.4, -0.2) is 17.0 Å². The van der Waals surface area contributed by atoms with Gasteiger partial charge in [0.05, 0.1) is 0 Å². The quantitative estimate of drug-likeness (QED) is 0.829. The van der Waals surface area contributed by atoms with Crippen LogP contribution >= 0.6 is 0 Å². The van der Waals surface area contributed by atoms with Crippen molar-refractivity contribution in [1.29, 1.82) is 0 Å². The summed E-state index contributed by atoms with van der Waals surface area (Å²) in [6.07, 6.45) is 0.887. The monoisotopic (exact) mass is 263 g/mol. The molecule has 0 aliphatic carbocycles. The van der Waals surface area contributed by atoms with Crippen LogP contribution in [0.3, 0.4) is 0 Å². The molecule has 1 rings (SSSR count). The Bertz CT molecular complexity index is 430. The predicted molar refractivity (Wildman–Crippen MR) is 73.6 cm³/mol. The molecule has 2 unspecified atom stereocenters. The van der Waals surface area contributed by atoms with Crippen LogP contribution in [0.25, 0.3) is 0 Å². The first kappa shape index (κ1) is 15.2. The van der Waals surface area contributed by atoms with E-state index >= 15 is 0 Å². The minimum atomic E-state index is -1.05. The Hall–Kier alpha value is -1.84. The van der Waals surface area contributed by atoms with Crippen molar-refractivity contribution >= 4 is 11.9 Å². The highest BCUT2D eigenvalue weighted by Crippen LogP contribution is 2.18. The van der Waals surface area contributed by atoms with Gasteiger partial charge in [-0.05, 0) is 11.5 Å². The van der Waals surface area contributed by atoms with Gasteiger partial charge < -0.3 is 10.4 Å². The number of benzene rings is 1. The standard InChI is InChI=1S/C15H21NO3/c1-4-10(2)11(3)14(17)16-13(15(18)19)12-8-6-5-7-9-12/h5-11,13H,4H2,1-3H3,(H,16,17)(H,18,19)/t10?,11?,13-/m1/s1. The molecule has 0 radical (unpaired) electrons. The smallest absolute Gasteiger partial charge is 0.330 e. The Morgan fingerprint density at radius 2 is 1.79 bits per heavy atom. The fourth-order valence-corrected chi connectivity index (χ4v) is 1.82. The number of amides is 1. The molecule has 0 bridgehead atoms. The molecular weight excluding hydrogens is 242 g/mol. The Morgan fingerprint density at radius 1 is 1.21 bits per heavy atom. The Balaban J connectivity index is 2.81. The van der Waals surface area contributed by atoms with Crippen LogP contribution in [0, 0.1) is 11.8 Å². The molecule has 2 N–H and O–H groups in total. The highest BCUT2D eigenvalue weighted by atomic mass is 16.4. The molecule has 0 heterocycles. The van der Waals surface area contributed by atoms with Crippen molar-refractivity contribution in [3.63, 3.8) is 0 Å². The van der Waals surface area contributed by atoms with E-state index in [9.17, 15) is 14.7 Å². The van der Waals surface area contributed by atoms with Crippen LogP contribution in [0.4, 0.5) is 0 Å². The van der Waals surface area contributed by atoms with E-state index in [-0.39, 0.29) is 17.7 Å². The zero-order chi connectivity index (χ0) is 14.4. The molecule has 4 nitrogen and oxygen atoms in total. The van der Waals surface area contributed by atoms with Crippen molar-refractivity contribution in [2.45, 2.75) is 33.2 Å². The summed E-state index contributed by atoms with van der Waals surface area (Å²) >= 11 is 0. The molecule has 1 amide bonds. The molecule has 104 valence electrons. The molecule has 3 atom stereocenters. The highest BCUT2D eigenvalue weighted by Gasteiger charge is 2.26. The van der Waals surface area contributed by atoms with Crippen molar-refractivity contribution < 1.29 is 14.7 Å². The molecule has 0 aromatic heterocycles. The Labute approximate surface area is 113 Å². The number of hydrogen-bond acceptors (Lipinski definition) is 2. The first-order chi connectivity index (χ1) is 8.97. The largest absolute Gasteiger partial charge is 0.479 e. The number of carboxylic acids is 1. The van der Waals surface area contributed by atoms with E-state index < -0.39 is 12.0 Å². The summed E-state index contributed by atoms with van der Waals surface area (Å²) in [7, 11) is 0. The molecule has 19 heavy (non-hydrogen) atoms. The van der Waals surface area contributed by atoms with E-state index in [1.165, 1.54) is 0 Å². The van der Waals surface area contributed by atoms with Gasteiger partial charge in [0.15, 0.2) is 6.04 Å². The fourth-order valence-electron chi connectivity index (χ4n) is 1.82. The van der Waals surface area contributed by atoms with Gasteiger partial charge in [-0.25, -0.2) is 4.79 Å². The molecule has 1 aromatic carbocycles. The van der Waals surface area contributed by atoms with E-state index in [0.29, 0.717) is 5.56 Å². The van der Waals surface area contributed by atoms with Gasteiger partial charge in [0.2, 0.25) is 5.91 Å². The molecule has 0 saturated carbocycles. The van der Waals surface area contributed by atoms with E-state index in [1.807, 2.05) is 26.8 Å². The summed E-state index contributed by atoms with van der Waals surface area (Å²) in [6.45, 7) is 5.83. The zero-order valence-corrected chi connectivity index (χ0v) is 11.6. The molecular formula is C15H21NO3. The number of carbonyl (C=O) groups excluding carboxylic acids is 1. The molecule has 4 heteroatoms. The van der Waals surface area contributed by atoms with E-state index in [0.717, 1.165) is 6.42 Å². The lowest BCUT2D eigenvalue weighted by Gasteiger charge is -2.21. The maximum Gasteiger partial charge on any atom is 0.330 e. The molecule has 0 spiro atoms. The van der Waals surface area contributed by atoms with Crippen LogP contribution in [0.5, 0.6) is 0 Å². The molecule has 1 aromatic rings. The van der Waals surface area contributed by atoms with Gasteiger partial charge in [-0.2, -0.15) is 0 Å². The average molecular weight is 263 g/mol. The SMILES string of the molecule is CCC(C)C(C)C(=O)N[C@@H](C(=O)O)c1ccccc1. The van der Waals surface area contributed by atoms with Gasteiger partial charge in [0.25, 0.3) is 0 Å². The second-order valence-electron chi connectivity index (χ2n) is 4.86. The minimum absolute atomic E-state index is 0.199. The zero-order valence-electron chi connectivity index (χ0n) is 11.6. The van der Waals surface area contributed by atoms with Gasteiger partial charge >= 0.3 is 5.97 Å². The molecule has 0 aliphatic heterocycles. The molecule has 0 fully saturated rings. The van der Waals surface area contributed by atoms with Crippen LogP contribution in [0.2, 0.25) is 0 Å². The number of hydrogen-bond donors (Lipinski definition) is 2. The summed E-state index contributed by atoms with van der Waals surface area (Å²) in [6, 6.07) is 7.75. The van der Waals surface area contributed by atoms with Gasteiger partial charge in [-0.1, -0.05) is 57.5 Å². The van der Waals surface area contributed by atoms with Crippen molar-refractivity contribution in [2.75, 3.05) is 0 Å². The topological polar surface area (TPSA) is 66.4 Å². The average Bonchev–Trinajstić information content (AvgIpc) is 2.43.